The standard InChI is InChI=1S/C19H24N2O3/c1-12-13(2)20-18-15(12)6-3-7-16(18)19(24)21-10-4-5-14(11-21)8-9-17(22)23/h3,6-7,14,20H,4-5,8-11H2,1-2H3,(H,22,23)/t14-/m1/s1. The van der Waals surface area contributed by atoms with Gasteiger partial charge in [0.15, 0.2) is 0 Å². The predicted molar refractivity (Wildman–Crippen MR) is 93.3 cm³/mol. The zero-order chi connectivity index (χ0) is 17.3. The number of hydrogen-bond donors (Lipinski definition) is 2. The first kappa shape index (κ1) is 16.6. The Hall–Kier alpha value is -2.30. The summed E-state index contributed by atoms with van der Waals surface area (Å²) in [4.78, 5) is 29.0. The third kappa shape index (κ3) is 3.16. The van der Waals surface area contributed by atoms with Gasteiger partial charge in [-0.2, -0.15) is 0 Å². The number of carboxylic acids is 1. The molecule has 1 aromatic carbocycles. The maximum absolute atomic E-state index is 13.0. The minimum absolute atomic E-state index is 0.0434. The average Bonchev–Trinajstić information content (AvgIpc) is 2.87. The number of benzene rings is 1. The molecule has 0 spiro atoms. The number of para-hydroxylation sites is 1. The molecule has 128 valence electrons. The van der Waals surface area contributed by atoms with Gasteiger partial charge in [0, 0.05) is 30.6 Å². The lowest BCUT2D eigenvalue weighted by Crippen LogP contribution is -2.40. The van der Waals surface area contributed by atoms with Crippen LogP contribution in [0.3, 0.4) is 0 Å². The molecule has 0 radical (unpaired) electrons. The molecule has 1 aromatic heterocycles. The van der Waals surface area contributed by atoms with E-state index in [0.717, 1.165) is 36.0 Å². The number of aromatic amines is 1. The topological polar surface area (TPSA) is 73.4 Å². The predicted octanol–water partition coefficient (Wildman–Crippen LogP) is 3.50. The van der Waals surface area contributed by atoms with Gasteiger partial charge in [0.2, 0.25) is 0 Å². The highest BCUT2D eigenvalue weighted by Gasteiger charge is 2.26. The van der Waals surface area contributed by atoms with Crippen LogP contribution in [0.2, 0.25) is 0 Å². The number of rotatable bonds is 4. The maximum atomic E-state index is 13.0. The molecule has 2 heterocycles. The molecular weight excluding hydrogens is 304 g/mol. The number of hydrogen-bond acceptors (Lipinski definition) is 2. The number of carbonyl (C=O) groups excluding carboxylic acids is 1. The van der Waals surface area contributed by atoms with Crippen molar-refractivity contribution in [3.63, 3.8) is 0 Å². The number of carbonyl (C=O) groups is 2. The van der Waals surface area contributed by atoms with Crippen molar-refractivity contribution in [1.82, 2.24) is 9.88 Å². The quantitative estimate of drug-likeness (QED) is 0.902. The van der Waals surface area contributed by atoms with Crippen molar-refractivity contribution in [3.8, 4) is 0 Å². The van der Waals surface area contributed by atoms with Gasteiger partial charge >= 0.3 is 5.97 Å². The van der Waals surface area contributed by atoms with E-state index in [0.29, 0.717) is 18.5 Å². The Balaban J connectivity index is 1.81. The van der Waals surface area contributed by atoms with Crippen LogP contribution in [0.1, 0.15) is 47.3 Å². The van der Waals surface area contributed by atoms with Crippen molar-refractivity contribution >= 4 is 22.8 Å². The fourth-order valence-corrected chi connectivity index (χ4v) is 3.64. The van der Waals surface area contributed by atoms with Crippen molar-refractivity contribution in [3.05, 3.63) is 35.0 Å². The van der Waals surface area contributed by atoms with E-state index >= 15 is 0 Å². The smallest absolute Gasteiger partial charge is 0.303 e. The number of H-pyrrole nitrogens is 1. The van der Waals surface area contributed by atoms with E-state index < -0.39 is 5.97 Å². The van der Waals surface area contributed by atoms with E-state index in [1.54, 1.807) is 0 Å². The van der Waals surface area contributed by atoms with Crippen LogP contribution in [-0.2, 0) is 4.79 Å². The molecule has 0 bridgehead atoms. The Morgan fingerprint density at radius 1 is 1.33 bits per heavy atom. The van der Waals surface area contributed by atoms with Crippen LogP contribution in [0.25, 0.3) is 10.9 Å². The summed E-state index contributed by atoms with van der Waals surface area (Å²) in [7, 11) is 0. The van der Waals surface area contributed by atoms with Crippen LogP contribution in [0.15, 0.2) is 18.2 Å². The lowest BCUT2D eigenvalue weighted by atomic mass is 9.93. The van der Waals surface area contributed by atoms with Crippen molar-refractivity contribution < 1.29 is 14.7 Å². The number of aromatic nitrogens is 1. The molecule has 0 aliphatic carbocycles. The summed E-state index contributed by atoms with van der Waals surface area (Å²) in [6, 6.07) is 5.85. The molecule has 24 heavy (non-hydrogen) atoms. The zero-order valence-corrected chi connectivity index (χ0v) is 14.3. The Morgan fingerprint density at radius 3 is 2.88 bits per heavy atom. The fourth-order valence-electron chi connectivity index (χ4n) is 3.64. The summed E-state index contributed by atoms with van der Waals surface area (Å²) in [5.41, 5.74) is 3.88. The SMILES string of the molecule is Cc1[nH]c2c(C(=O)N3CCC[C@H](CCC(=O)O)C3)cccc2c1C. The Kier molecular flexibility index (Phi) is 4.60. The Morgan fingerprint density at radius 2 is 2.12 bits per heavy atom. The van der Waals surface area contributed by atoms with Gasteiger partial charge in [-0.25, -0.2) is 0 Å². The highest BCUT2D eigenvalue weighted by Crippen LogP contribution is 2.27. The summed E-state index contributed by atoms with van der Waals surface area (Å²) in [6.07, 6.45) is 2.76. The maximum Gasteiger partial charge on any atom is 0.303 e. The molecule has 1 fully saturated rings. The Labute approximate surface area is 141 Å². The molecule has 2 aromatic rings. The van der Waals surface area contributed by atoms with Gasteiger partial charge in [0.05, 0.1) is 11.1 Å². The molecule has 2 N–H and O–H groups in total. The molecule has 3 rings (SSSR count). The molecule has 0 saturated carbocycles. The van der Waals surface area contributed by atoms with Crippen molar-refractivity contribution in [2.75, 3.05) is 13.1 Å². The van der Waals surface area contributed by atoms with Crippen molar-refractivity contribution in [2.24, 2.45) is 5.92 Å². The van der Waals surface area contributed by atoms with E-state index in [-0.39, 0.29) is 18.2 Å². The van der Waals surface area contributed by atoms with Crippen LogP contribution in [0.5, 0.6) is 0 Å². The summed E-state index contributed by atoms with van der Waals surface area (Å²) in [5.74, 6) is -0.437. The number of amides is 1. The van der Waals surface area contributed by atoms with Crippen molar-refractivity contribution in [1.29, 1.82) is 0 Å². The Bertz CT molecular complexity index is 778. The lowest BCUT2D eigenvalue weighted by molar-refractivity contribution is -0.137. The van der Waals surface area contributed by atoms with Crippen LogP contribution in [0.4, 0.5) is 0 Å². The van der Waals surface area contributed by atoms with Crippen LogP contribution in [0, 0.1) is 19.8 Å². The number of aryl methyl sites for hydroxylation is 2. The summed E-state index contributed by atoms with van der Waals surface area (Å²) in [6.45, 7) is 5.48. The number of piperidine rings is 1. The van der Waals surface area contributed by atoms with Crippen LogP contribution in [-0.4, -0.2) is 40.0 Å². The van der Waals surface area contributed by atoms with E-state index in [2.05, 4.69) is 11.9 Å². The first-order valence-electron chi connectivity index (χ1n) is 8.56. The summed E-state index contributed by atoms with van der Waals surface area (Å²) in [5, 5.41) is 9.95. The molecule has 1 atom stereocenters. The van der Waals surface area contributed by atoms with E-state index in [1.165, 1.54) is 5.56 Å². The number of nitrogens with one attached hydrogen (secondary N) is 1. The summed E-state index contributed by atoms with van der Waals surface area (Å²) >= 11 is 0. The van der Waals surface area contributed by atoms with Gasteiger partial charge in [0.25, 0.3) is 5.91 Å². The molecule has 1 aliphatic rings. The lowest BCUT2D eigenvalue weighted by Gasteiger charge is -2.32. The first-order chi connectivity index (χ1) is 11.5. The largest absolute Gasteiger partial charge is 0.481 e. The normalized spacial score (nSPS) is 18.1. The molecule has 0 unspecified atom stereocenters. The molecule has 1 aliphatic heterocycles. The average molecular weight is 328 g/mol. The molecule has 1 amide bonds. The molecular formula is C19H24N2O3. The third-order valence-electron chi connectivity index (χ3n) is 5.15. The number of aliphatic carboxylic acids is 1. The molecule has 1 saturated heterocycles. The van der Waals surface area contributed by atoms with Gasteiger partial charge < -0.3 is 15.0 Å². The van der Waals surface area contributed by atoms with Gasteiger partial charge in [0.1, 0.15) is 0 Å². The second-order valence-corrected chi connectivity index (χ2v) is 6.79. The highest BCUT2D eigenvalue weighted by atomic mass is 16.4. The number of likely N-dealkylation sites (tertiary alicyclic amines) is 1. The van der Waals surface area contributed by atoms with Crippen LogP contribution < -0.4 is 0 Å². The fraction of sp³-hybridized carbons (Fsp3) is 0.474. The molecule has 5 heteroatoms. The number of nitrogens with zero attached hydrogens (tertiary/aromatic N) is 1. The first-order valence-corrected chi connectivity index (χ1v) is 8.56. The van der Waals surface area contributed by atoms with E-state index in [4.69, 9.17) is 5.11 Å². The van der Waals surface area contributed by atoms with Crippen LogP contribution >= 0.6 is 0 Å². The number of carboxylic acid groups (broad SMARTS) is 1. The van der Waals surface area contributed by atoms with E-state index in [1.807, 2.05) is 30.0 Å². The van der Waals surface area contributed by atoms with Gasteiger partial charge in [-0.3, -0.25) is 9.59 Å². The minimum Gasteiger partial charge on any atom is -0.481 e. The monoisotopic (exact) mass is 328 g/mol. The second-order valence-electron chi connectivity index (χ2n) is 6.79. The summed E-state index contributed by atoms with van der Waals surface area (Å²) < 4.78 is 0. The van der Waals surface area contributed by atoms with Crippen molar-refractivity contribution in [2.45, 2.75) is 39.5 Å². The molecule has 5 nitrogen and oxygen atoms in total. The third-order valence-corrected chi connectivity index (χ3v) is 5.15. The minimum atomic E-state index is -0.763. The second kappa shape index (κ2) is 6.67. The highest BCUT2D eigenvalue weighted by molar-refractivity contribution is 6.06. The van der Waals surface area contributed by atoms with E-state index in [9.17, 15) is 9.59 Å². The zero-order valence-electron chi connectivity index (χ0n) is 14.3. The van der Waals surface area contributed by atoms with Gasteiger partial charge in [-0.1, -0.05) is 12.1 Å². The van der Waals surface area contributed by atoms with Gasteiger partial charge in [-0.05, 0) is 50.7 Å². The number of fused-ring (bicyclic) bond motifs is 1. The van der Waals surface area contributed by atoms with Gasteiger partial charge in [-0.15, -0.1) is 0 Å².